The van der Waals surface area contributed by atoms with Crippen LogP contribution in [0.2, 0.25) is 0 Å². The summed E-state index contributed by atoms with van der Waals surface area (Å²) in [6, 6.07) is 6.01. The molecule has 1 aromatic carbocycles. The summed E-state index contributed by atoms with van der Waals surface area (Å²) in [7, 11) is 1.67. The molecule has 0 spiro atoms. The van der Waals surface area contributed by atoms with Crippen molar-refractivity contribution in [2.45, 2.75) is 31.8 Å². The zero-order chi connectivity index (χ0) is 13.5. The quantitative estimate of drug-likeness (QED) is 0.856. The maximum Gasteiger partial charge on any atom is 0.164 e. The third-order valence-electron chi connectivity index (χ3n) is 3.33. The van der Waals surface area contributed by atoms with Gasteiger partial charge < -0.3 is 19.9 Å². The molecule has 1 aliphatic rings. The maximum absolute atomic E-state index is 6.11. The van der Waals surface area contributed by atoms with Gasteiger partial charge in [-0.2, -0.15) is 0 Å². The molecule has 2 rings (SSSR count). The van der Waals surface area contributed by atoms with Gasteiger partial charge in [-0.1, -0.05) is 12.1 Å². The van der Waals surface area contributed by atoms with E-state index in [0.29, 0.717) is 13.2 Å². The largest absolute Gasteiger partial charge is 0.493 e. The number of nitrogens with two attached hydrogens (primary N) is 1. The van der Waals surface area contributed by atoms with Crippen LogP contribution in [0.3, 0.4) is 0 Å². The molecule has 1 atom stereocenters. The number of methoxy groups -OCH3 is 1. The van der Waals surface area contributed by atoms with Crippen molar-refractivity contribution in [2.24, 2.45) is 5.73 Å². The Morgan fingerprint density at radius 2 is 2.32 bits per heavy atom. The second-order valence-electron chi connectivity index (χ2n) is 4.80. The molecule has 4 heteroatoms. The lowest BCUT2D eigenvalue weighted by Crippen LogP contribution is -2.28. The Labute approximate surface area is 114 Å². The Kier molecular flexibility index (Phi) is 5.48. The van der Waals surface area contributed by atoms with Crippen molar-refractivity contribution in [1.82, 2.24) is 0 Å². The van der Waals surface area contributed by atoms with Crippen LogP contribution in [-0.2, 0) is 11.2 Å². The Bertz CT molecular complexity index is 389. The van der Waals surface area contributed by atoms with Crippen LogP contribution in [-0.4, -0.2) is 33.0 Å². The molecule has 0 saturated carbocycles. The average molecular weight is 265 g/mol. The highest BCUT2D eigenvalue weighted by Crippen LogP contribution is 2.33. The van der Waals surface area contributed by atoms with E-state index in [-0.39, 0.29) is 6.10 Å². The first-order chi connectivity index (χ1) is 9.35. The van der Waals surface area contributed by atoms with E-state index < -0.39 is 0 Å². The van der Waals surface area contributed by atoms with E-state index in [0.717, 1.165) is 49.4 Å². The molecule has 1 aromatic rings. The summed E-state index contributed by atoms with van der Waals surface area (Å²) in [6.45, 7) is 2.18. The van der Waals surface area contributed by atoms with Gasteiger partial charge in [0.2, 0.25) is 0 Å². The first-order valence-electron chi connectivity index (χ1n) is 6.95. The van der Waals surface area contributed by atoms with Gasteiger partial charge in [-0.3, -0.25) is 0 Å². The fourth-order valence-corrected chi connectivity index (χ4v) is 2.32. The smallest absolute Gasteiger partial charge is 0.164 e. The van der Waals surface area contributed by atoms with Crippen molar-refractivity contribution in [3.8, 4) is 11.5 Å². The molecule has 0 aromatic heterocycles. The number of benzene rings is 1. The molecule has 2 N–H and O–H groups in total. The van der Waals surface area contributed by atoms with Crippen LogP contribution in [0.25, 0.3) is 0 Å². The number of hydrogen-bond donors (Lipinski definition) is 1. The van der Waals surface area contributed by atoms with E-state index >= 15 is 0 Å². The van der Waals surface area contributed by atoms with Crippen LogP contribution in [0, 0.1) is 0 Å². The summed E-state index contributed by atoms with van der Waals surface area (Å²) in [6.07, 6.45) is 4.08. The van der Waals surface area contributed by atoms with Crippen molar-refractivity contribution in [3.05, 3.63) is 23.8 Å². The van der Waals surface area contributed by atoms with E-state index in [4.69, 9.17) is 19.9 Å². The first kappa shape index (κ1) is 14.2. The lowest BCUT2D eigenvalue weighted by molar-refractivity contribution is 0.00603. The molecule has 19 heavy (non-hydrogen) atoms. The third-order valence-corrected chi connectivity index (χ3v) is 3.33. The standard InChI is InChI=1S/C15H23NO3/c1-17-14-8-2-5-12(6-3-9-16)15(14)19-13-7-4-10-18-11-13/h2,5,8,13H,3-4,6-7,9-11,16H2,1H3. The molecule has 0 radical (unpaired) electrons. The van der Waals surface area contributed by atoms with Crippen molar-refractivity contribution >= 4 is 0 Å². The van der Waals surface area contributed by atoms with Crippen LogP contribution >= 0.6 is 0 Å². The number of ether oxygens (including phenoxy) is 3. The first-order valence-corrected chi connectivity index (χ1v) is 6.95. The van der Waals surface area contributed by atoms with Crippen molar-refractivity contribution in [2.75, 3.05) is 26.9 Å². The maximum atomic E-state index is 6.11. The summed E-state index contributed by atoms with van der Waals surface area (Å²) in [5.74, 6) is 1.65. The zero-order valence-corrected chi connectivity index (χ0v) is 11.6. The minimum Gasteiger partial charge on any atom is -0.493 e. The second kappa shape index (κ2) is 7.36. The molecule has 0 amide bonds. The van der Waals surface area contributed by atoms with E-state index in [1.807, 2.05) is 12.1 Å². The molecule has 1 aliphatic heterocycles. The summed E-state index contributed by atoms with van der Waals surface area (Å²) in [4.78, 5) is 0. The van der Waals surface area contributed by atoms with Gasteiger partial charge in [0.25, 0.3) is 0 Å². The third kappa shape index (κ3) is 3.85. The number of hydrogen-bond acceptors (Lipinski definition) is 4. The average Bonchev–Trinajstić information content (AvgIpc) is 2.47. The molecule has 0 bridgehead atoms. The highest BCUT2D eigenvalue weighted by Gasteiger charge is 2.19. The highest BCUT2D eigenvalue weighted by atomic mass is 16.5. The van der Waals surface area contributed by atoms with Crippen LogP contribution < -0.4 is 15.2 Å². The monoisotopic (exact) mass is 265 g/mol. The molecule has 0 aliphatic carbocycles. The van der Waals surface area contributed by atoms with Crippen molar-refractivity contribution in [1.29, 1.82) is 0 Å². The zero-order valence-electron chi connectivity index (χ0n) is 11.6. The second-order valence-corrected chi connectivity index (χ2v) is 4.80. The minimum absolute atomic E-state index is 0.127. The van der Waals surface area contributed by atoms with Crippen LogP contribution in [0.5, 0.6) is 11.5 Å². The van der Waals surface area contributed by atoms with Crippen molar-refractivity contribution in [3.63, 3.8) is 0 Å². The predicted octanol–water partition coefficient (Wildman–Crippen LogP) is 2.14. The number of aryl methyl sites for hydroxylation is 1. The van der Waals surface area contributed by atoms with Crippen LogP contribution in [0.1, 0.15) is 24.8 Å². The molecule has 1 heterocycles. The number of para-hydroxylation sites is 1. The Morgan fingerprint density at radius 1 is 1.42 bits per heavy atom. The number of rotatable bonds is 6. The summed E-state index contributed by atoms with van der Waals surface area (Å²) >= 11 is 0. The van der Waals surface area contributed by atoms with Gasteiger partial charge in [-0.15, -0.1) is 0 Å². The molecule has 1 unspecified atom stereocenters. The van der Waals surface area contributed by atoms with Gasteiger partial charge in [-0.05, 0) is 43.9 Å². The molecular weight excluding hydrogens is 242 g/mol. The molecule has 4 nitrogen and oxygen atoms in total. The Hall–Kier alpha value is -1.26. The minimum atomic E-state index is 0.127. The molecule has 106 valence electrons. The molecule has 1 fully saturated rings. The van der Waals surface area contributed by atoms with Crippen LogP contribution in [0.15, 0.2) is 18.2 Å². The van der Waals surface area contributed by atoms with Gasteiger partial charge in [0.05, 0.1) is 13.7 Å². The van der Waals surface area contributed by atoms with E-state index in [2.05, 4.69) is 6.07 Å². The fourth-order valence-electron chi connectivity index (χ4n) is 2.32. The summed E-state index contributed by atoms with van der Waals surface area (Å²) in [5, 5.41) is 0. The highest BCUT2D eigenvalue weighted by molar-refractivity contribution is 5.46. The lowest BCUT2D eigenvalue weighted by atomic mass is 10.1. The summed E-state index contributed by atoms with van der Waals surface area (Å²) < 4.78 is 17.0. The Balaban J connectivity index is 2.14. The van der Waals surface area contributed by atoms with E-state index in [1.165, 1.54) is 0 Å². The van der Waals surface area contributed by atoms with Crippen molar-refractivity contribution < 1.29 is 14.2 Å². The molecular formula is C15H23NO3. The fraction of sp³-hybridized carbons (Fsp3) is 0.600. The van der Waals surface area contributed by atoms with E-state index in [1.54, 1.807) is 7.11 Å². The predicted molar refractivity (Wildman–Crippen MR) is 74.8 cm³/mol. The van der Waals surface area contributed by atoms with Gasteiger partial charge in [0, 0.05) is 6.61 Å². The topological polar surface area (TPSA) is 53.7 Å². The lowest BCUT2D eigenvalue weighted by Gasteiger charge is -2.25. The van der Waals surface area contributed by atoms with Gasteiger partial charge in [0.1, 0.15) is 6.10 Å². The Morgan fingerprint density at radius 3 is 3.00 bits per heavy atom. The van der Waals surface area contributed by atoms with Gasteiger partial charge >= 0.3 is 0 Å². The molecule has 1 saturated heterocycles. The van der Waals surface area contributed by atoms with Gasteiger partial charge in [-0.25, -0.2) is 0 Å². The SMILES string of the molecule is COc1cccc(CCCN)c1OC1CCCOC1. The van der Waals surface area contributed by atoms with E-state index in [9.17, 15) is 0 Å². The van der Waals surface area contributed by atoms with Crippen LogP contribution in [0.4, 0.5) is 0 Å². The summed E-state index contributed by atoms with van der Waals surface area (Å²) in [5.41, 5.74) is 6.75. The van der Waals surface area contributed by atoms with Gasteiger partial charge in [0.15, 0.2) is 11.5 Å². The normalized spacial score (nSPS) is 19.2.